The van der Waals surface area contributed by atoms with Gasteiger partial charge in [0.15, 0.2) is 0 Å². The van der Waals surface area contributed by atoms with Crippen LogP contribution in [-0.2, 0) is 10.0 Å². The molecule has 1 aliphatic rings. The number of nitrogens with zero attached hydrogens (tertiary/aromatic N) is 1. The first-order valence-corrected chi connectivity index (χ1v) is 9.34. The number of amides is 1. The second kappa shape index (κ2) is 7.42. The van der Waals surface area contributed by atoms with Crippen LogP contribution < -0.4 is 10.0 Å². The van der Waals surface area contributed by atoms with Crippen molar-refractivity contribution in [2.75, 3.05) is 27.2 Å². The number of hydrogen-bond acceptors (Lipinski definition) is 4. The maximum Gasteiger partial charge on any atom is 0.251 e. The predicted molar refractivity (Wildman–Crippen MR) is 90.0 cm³/mol. The van der Waals surface area contributed by atoms with Gasteiger partial charge in [0.25, 0.3) is 5.91 Å². The van der Waals surface area contributed by atoms with Gasteiger partial charge in [-0.1, -0.05) is 6.07 Å². The number of benzene rings is 1. The van der Waals surface area contributed by atoms with Crippen LogP contribution in [-0.4, -0.2) is 52.5 Å². The molecule has 0 saturated heterocycles. The van der Waals surface area contributed by atoms with E-state index >= 15 is 0 Å². The summed E-state index contributed by atoms with van der Waals surface area (Å²) in [6.07, 6.45) is 2.60. The standard InChI is InChI=1S/C16H25N3O3S/c1-12-5-8-14(23(21,22)18-13-6-7-13)11-15(12)16(20)17-9-4-10-19(2)3/h5,8,11,13,18H,4,6-7,9-10H2,1-3H3,(H,17,20). The Morgan fingerprint density at radius 2 is 2.00 bits per heavy atom. The third-order valence-corrected chi connectivity index (χ3v) is 5.25. The number of hydrogen-bond donors (Lipinski definition) is 2. The Labute approximate surface area is 138 Å². The highest BCUT2D eigenvalue weighted by molar-refractivity contribution is 7.89. The van der Waals surface area contributed by atoms with Crippen LogP contribution in [0.5, 0.6) is 0 Å². The fraction of sp³-hybridized carbons (Fsp3) is 0.562. The Bertz CT molecular complexity index is 667. The fourth-order valence-electron chi connectivity index (χ4n) is 2.19. The van der Waals surface area contributed by atoms with E-state index in [0.29, 0.717) is 12.1 Å². The van der Waals surface area contributed by atoms with Crippen molar-refractivity contribution in [3.8, 4) is 0 Å². The molecule has 0 heterocycles. The first-order valence-electron chi connectivity index (χ1n) is 7.85. The molecule has 7 heteroatoms. The monoisotopic (exact) mass is 339 g/mol. The minimum Gasteiger partial charge on any atom is -0.352 e. The smallest absolute Gasteiger partial charge is 0.251 e. The zero-order valence-electron chi connectivity index (χ0n) is 13.9. The van der Waals surface area contributed by atoms with Crippen molar-refractivity contribution in [1.82, 2.24) is 14.9 Å². The van der Waals surface area contributed by atoms with Gasteiger partial charge in [-0.2, -0.15) is 0 Å². The molecule has 1 fully saturated rings. The van der Waals surface area contributed by atoms with E-state index in [9.17, 15) is 13.2 Å². The minimum atomic E-state index is -3.54. The summed E-state index contributed by atoms with van der Waals surface area (Å²) in [4.78, 5) is 14.5. The van der Waals surface area contributed by atoms with E-state index in [-0.39, 0.29) is 16.8 Å². The average molecular weight is 339 g/mol. The number of carbonyl (C=O) groups is 1. The molecule has 0 atom stereocenters. The van der Waals surface area contributed by atoms with Gasteiger partial charge >= 0.3 is 0 Å². The van der Waals surface area contributed by atoms with Gasteiger partial charge in [-0.15, -0.1) is 0 Å². The van der Waals surface area contributed by atoms with E-state index in [2.05, 4.69) is 10.0 Å². The first kappa shape index (κ1) is 17.9. The Hall–Kier alpha value is -1.44. The molecule has 1 amide bonds. The van der Waals surface area contributed by atoms with Crippen LogP contribution in [0.3, 0.4) is 0 Å². The summed E-state index contributed by atoms with van der Waals surface area (Å²) >= 11 is 0. The predicted octanol–water partition coefficient (Wildman–Crippen LogP) is 1.12. The lowest BCUT2D eigenvalue weighted by molar-refractivity contribution is 0.0951. The van der Waals surface area contributed by atoms with Crippen LogP contribution in [0.4, 0.5) is 0 Å². The van der Waals surface area contributed by atoms with Gasteiger partial charge in [-0.25, -0.2) is 13.1 Å². The Morgan fingerprint density at radius 1 is 1.30 bits per heavy atom. The molecule has 0 radical (unpaired) electrons. The summed E-state index contributed by atoms with van der Waals surface area (Å²) in [7, 11) is 0.416. The molecule has 0 unspecified atom stereocenters. The highest BCUT2D eigenvalue weighted by atomic mass is 32.2. The first-order chi connectivity index (χ1) is 10.8. The molecule has 1 saturated carbocycles. The molecule has 0 bridgehead atoms. The molecular formula is C16H25N3O3S. The van der Waals surface area contributed by atoms with E-state index < -0.39 is 10.0 Å². The van der Waals surface area contributed by atoms with Gasteiger partial charge < -0.3 is 10.2 Å². The van der Waals surface area contributed by atoms with Gasteiger partial charge in [0.2, 0.25) is 10.0 Å². The fourth-order valence-corrected chi connectivity index (χ4v) is 3.52. The van der Waals surface area contributed by atoms with Crippen LogP contribution in [0.15, 0.2) is 23.1 Å². The molecule has 1 aromatic carbocycles. The van der Waals surface area contributed by atoms with Crippen molar-refractivity contribution in [1.29, 1.82) is 0 Å². The molecule has 0 spiro atoms. The Balaban J connectivity index is 2.06. The van der Waals surface area contributed by atoms with Gasteiger partial charge in [-0.3, -0.25) is 4.79 Å². The number of sulfonamides is 1. The number of carbonyl (C=O) groups excluding carboxylic acids is 1. The lowest BCUT2D eigenvalue weighted by Gasteiger charge is -2.12. The quantitative estimate of drug-likeness (QED) is 0.696. The largest absolute Gasteiger partial charge is 0.352 e. The van der Waals surface area contributed by atoms with Crippen molar-refractivity contribution in [2.24, 2.45) is 0 Å². The van der Waals surface area contributed by atoms with Crippen molar-refractivity contribution in [3.05, 3.63) is 29.3 Å². The summed E-state index contributed by atoms with van der Waals surface area (Å²) in [5.74, 6) is -0.232. The van der Waals surface area contributed by atoms with Crippen molar-refractivity contribution < 1.29 is 13.2 Å². The third kappa shape index (κ3) is 5.30. The number of aryl methyl sites for hydroxylation is 1. The maximum atomic E-state index is 12.3. The lowest BCUT2D eigenvalue weighted by atomic mass is 10.1. The minimum absolute atomic E-state index is 0.0459. The normalized spacial score (nSPS) is 15.0. The van der Waals surface area contributed by atoms with Crippen molar-refractivity contribution in [2.45, 2.75) is 37.1 Å². The van der Waals surface area contributed by atoms with E-state index in [1.165, 1.54) is 6.07 Å². The van der Waals surface area contributed by atoms with Crippen molar-refractivity contribution >= 4 is 15.9 Å². The Morgan fingerprint density at radius 3 is 2.61 bits per heavy atom. The van der Waals surface area contributed by atoms with Gasteiger partial charge in [0, 0.05) is 18.2 Å². The Kier molecular flexibility index (Phi) is 5.78. The molecule has 0 aliphatic heterocycles. The van der Waals surface area contributed by atoms with E-state index in [1.807, 2.05) is 19.0 Å². The van der Waals surface area contributed by atoms with Crippen molar-refractivity contribution in [3.63, 3.8) is 0 Å². The van der Waals surface area contributed by atoms with E-state index in [4.69, 9.17) is 0 Å². The number of rotatable bonds is 8. The highest BCUT2D eigenvalue weighted by Crippen LogP contribution is 2.23. The summed E-state index contributed by atoms with van der Waals surface area (Å²) in [6, 6.07) is 4.73. The lowest BCUT2D eigenvalue weighted by Crippen LogP contribution is -2.29. The average Bonchev–Trinajstić information content (AvgIpc) is 3.26. The summed E-state index contributed by atoms with van der Waals surface area (Å²) in [5.41, 5.74) is 1.18. The number of nitrogens with one attached hydrogen (secondary N) is 2. The summed E-state index contributed by atoms with van der Waals surface area (Å²) < 4.78 is 27.1. The SMILES string of the molecule is Cc1ccc(S(=O)(=O)NC2CC2)cc1C(=O)NCCCN(C)C. The second-order valence-corrected chi connectivity index (χ2v) is 8.00. The molecule has 2 N–H and O–H groups in total. The van der Waals surface area contributed by atoms with Crippen LogP contribution in [0.25, 0.3) is 0 Å². The van der Waals surface area contributed by atoms with Crippen LogP contribution in [0.2, 0.25) is 0 Å². The molecule has 6 nitrogen and oxygen atoms in total. The van der Waals surface area contributed by atoms with Crippen LogP contribution in [0.1, 0.15) is 35.2 Å². The molecule has 1 aliphatic carbocycles. The van der Waals surface area contributed by atoms with E-state index in [1.54, 1.807) is 19.1 Å². The van der Waals surface area contributed by atoms with Gasteiger partial charge in [0.1, 0.15) is 0 Å². The van der Waals surface area contributed by atoms with Crippen LogP contribution in [0, 0.1) is 6.92 Å². The maximum absolute atomic E-state index is 12.3. The van der Waals surface area contributed by atoms with Gasteiger partial charge in [0.05, 0.1) is 4.90 Å². The molecule has 128 valence electrons. The van der Waals surface area contributed by atoms with E-state index in [0.717, 1.165) is 31.4 Å². The summed E-state index contributed by atoms with van der Waals surface area (Å²) in [6.45, 7) is 3.26. The molecule has 0 aromatic heterocycles. The molecule has 23 heavy (non-hydrogen) atoms. The third-order valence-electron chi connectivity index (χ3n) is 3.73. The molecular weight excluding hydrogens is 314 g/mol. The molecule has 1 aromatic rings. The summed E-state index contributed by atoms with van der Waals surface area (Å²) in [5, 5.41) is 2.85. The van der Waals surface area contributed by atoms with Gasteiger partial charge in [-0.05, 0) is 64.5 Å². The highest BCUT2D eigenvalue weighted by Gasteiger charge is 2.28. The second-order valence-electron chi connectivity index (χ2n) is 6.29. The zero-order valence-corrected chi connectivity index (χ0v) is 14.7. The topological polar surface area (TPSA) is 78.5 Å². The molecule has 2 rings (SSSR count). The zero-order chi connectivity index (χ0) is 17.0. The van der Waals surface area contributed by atoms with Crippen LogP contribution >= 0.6 is 0 Å².